The van der Waals surface area contributed by atoms with Crippen molar-refractivity contribution >= 4 is 0 Å². The van der Waals surface area contributed by atoms with E-state index in [1.54, 1.807) is 0 Å². The fourth-order valence-corrected chi connectivity index (χ4v) is 1.73. The van der Waals surface area contributed by atoms with Gasteiger partial charge < -0.3 is 4.74 Å². The number of rotatable bonds is 2. The summed E-state index contributed by atoms with van der Waals surface area (Å²) in [6, 6.07) is 0.459. The fraction of sp³-hybridized carbons (Fsp3) is 0.818. The van der Waals surface area contributed by atoms with Crippen LogP contribution < -0.4 is 0 Å². The molecular formula is C11H21NO. The highest BCUT2D eigenvalue weighted by atomic mass is 16.5. The third-order valence-corrected chi connectivity index (χ3v) is 2.58. The van der Waals surface area contributed by atoms with Crippen LogP contribution in [0.4, 0.5) is 0 Å². The molecule has 0 aliphatic carbocycles. The maximum atomic E-state index is 5.74. The molecule has 0 aromatic heterocycles. The van der Waals surface area contributed by atoms with E-state index in [1.807, 2.05) is 6.08 Å². The van der Waals surface area contributed by atoms with Crippen molar-refractivity contribution in [3.8, 4) is 0 Å². The zero-order valence-electron chi connectivity index (χ0n) is 9.05. The summed E-state index contributed by atoms with van der Waals surface area (Å²) in [4.78, 5) is 2.43. The molecule has 1 unspecified atom stereocenters. The number of ether oxygens (including phenoxy) is 1. The molecule has 76 valence electrons. The van der Waals surface area contributed by atoms with Gasteiger partial charge in [0.05, 0.1) is 5.60 Å². The minimum absolute atomic E-state index is 0.00618. The van der Waals surface area contributed by atoms with Crippen molar-refractivity contribution in [2.24, 2.45) is 0 Å². The van der Waals surface area contributed by atoms with E-state index in [4.69, 9.17) is 4.74 Å². The fourth-order valence-electron chi connectivity index (χ4n) is 1.73. The quantitative estimate of drug-likeness (QED) is 0.608. The zero-order valence-corrected chi connectivity index (χ0v) is 9.05. The molecule has 0 saturated carbocycles. The summed E-state index contributed by atoms with van der Waals surface area (Å²) < 4.78 is 5.74. The van der Waals surface area contributed by atoms with Crippen LogP contribution in [0.5, 0.6) is 0 Å². The van der Waals surface area contributed by atoms with Gasteiger partial charge in [-0.2, -0.15) is 0 Å². The maximum absolute atomic E-state index is 5.74. The molecule has 1 aliphatic heterocycles. The molecule has 2 nitrogen and oxygen atoms in total. The van der Waals surface area contributed by atoms with Gasteiger partial charge in [0.15, 0.2) is 0 Å². The van der Waals surface area contributed by atoms with Gasteiger partial charge in [-0.3, -0.25) is 4.90 Å². The summed E-state index contributed by atoms with van der Waals surface area (Å²) in [5.74, 6) is 0. The summed E-state index contributed by atoms with van der Waals surface area (Å²) in [5, 5.41) is 0. The van der Waals surface area contributed by atoms with Gasteiger partial charge in [-0.1, -0.05) is 6.08 Å². The summed E-state index contributed by atoms with van der Waals surface area (Å²) in [6.07, 6.45) is 3.13. The Morgan fingerprint density at radius 2 is 2.23 bits per heavy atom. The third kappa shape index (κ3) is 3.12. The molecular weight excluding hydrogens is 162 g/mol. The van der Waals surface area contributed by atoms with E-state index < -0.39 is 0 Å². The van der Waals surface area contributed by atoms with Gasteiger partial charge in [-0.25, -0.2) is 0 Å². The number of hydrogen-bond donors (Lipinski definition) is 0. The molecule has 2 heteroatoms. The monoisotopic (exact) mass is 183 g/mol. The molecule has 0 spiro atoms. The molecule has 0 radical (unpaired) electrons. The Morgan fingerprint density at radius 3 is 2.85 bits per heavy atom. The summed E-state index contributed by atoms with van der Waals surface area (Å²) in [7, 11) is 0. The SMILES string of the molecule is C=CC(C)N1CCCOC(C)(C)C1. The van der Waals surface area contributed by atoms with E-state index in [2.05, 4.69) is 32.3 Å². The number of nitrogens with zero attached hydrogens (tertiary/aromatic N) is 1. The lowest BCUT2D eigenvalue weighted by atomic mass is 10.1. The second-order valence-corrected chi connectivity index (χ2v) is 4.41. The highest BCUT2D eigenvalue weighted by Crippen LogP contribution is 2.18. The molecule has 13 heavy (non-hydrogen) atoms. The van der Waals surface area contributed by atoms with Crippen LogP contribution in [0.1, 0.15) is 27.2 Å². The number of hydrogen-bond acceptors (Lipinski definition) is 2. The van der Waals surface area contributed by atoms with Gasteiger partial charge in [-0.05, 0) is 27.2 Å². The smallest absolute Gasteiger partial charge is 0.0753 e. The van der Waals surface area contributed by atoms with Gasteiger partial charge in [0, 0.05) is 25.7 Å². The van der Waals surface area contributed by atoms with Crippen molar-refractivity contribution in [3.05, 3.63) is 12.7 Å². The lowest BCUT2D eigenvalue weighted by molar-refractivity contribution is -0.0193. The van der Waals surface area contributed by atoms with Crippen molar-refractivity contribution in [3.63, 3.8) is 0 Å². The molecule has 0 aromatic rings. The normalized spacial score (nSPS) is 26.4. The van der Waals surface area contributed by atoms with Gasteiger partial charge in [-0.15, -0.1) is 6.58 Å². The van der Waals surface area contributed by atoms with E-state index in [-0.39, 0.29) is 5.60 Å². The van der Waals surface area contributed by atoms with Crippen LogP contribution in [0.3, 0.4) is 0 Å². The molecule has 0 N–H and O–H groups in total. The van der Waals surface area contributed by atoms with E-state index >= 15 is 0 Å². The van der Waals surface area contributed by atoms with Gasteiger partial charge in [0.25, 0.3) is 0 Å². The van der Waals surface area contributed by atoms with Crippen molar-refractivity contribution < 1.29 is 4.74 Å². The Hall–Kier alpha value is -0.340. The van der Waals surface area contributed by atoms with Crippen LogP contribution in [0.25, 0.3) is 0 Å². The first-order valence-electron chi connectivity index (χ1n) is 5.06. The lowest BCUT2D eigenvalue weighted by Crippen LogP contribution is -2.42. The highest BCUT2D eigenvalue weighted by molar-refractivity contribution is 4.88. The van der Waals surface area contributed by atoms with Crippen molar-refractivity contribution in [2.45, 2.75) is 38.8 Å². The Bertz CT molecular complexity index is 177. The second-order valence-electron chi connectivity index (χ2n) is 4.41. The summed E-state index contributed by atoms with van der Waals surface area (Å²) >= 11 is 0. The van der Waals surface area contributed by atoms with Crippen molar-refractivity contribution in [1.82, 2.24) is 4.90 Å². The molecule has 1 heterocycles. The van der Waals surface area contributed by atoms with Crippen LogP contribution in [-0.2, 0) is 4.74 Å². The molecule has 0 amide bonds. The Morgan fingerprint density at radius 1 is 1.54 bits per heavy atom. The largest absolute Gasteiger partial charge is 0.374 e. The molecule has 1 fully saturated rings. The van der Waals surface area contributed by atoms with Gasteiger partial charge in [0.1, 0.15) is 0 Å². The van der Waals surface area contributed by atoms with Crippen LogP contribution >= 0.6 is 0 Å². The first-order valence-corrected chi connectivity index (χ1v) is 5.06. The van der Waals surface area contributed by atoms with Gasteiger partial charge >= 0.3 is 0 Å². The minimum atomic E-state index is -0.00618. The Labute approximate surface area is 81.6 Å². The van der Waals surface area contributed by atoms with E-state index in [0.717, 1.165) is 26.1 Å². The standard InChI is InChI=1S/C11H21NO/c1-5-10(2)12-7-6-8-13-11(3,4)9-12/h5,10H,1,6-9H2,2-4H3. The average Bonchev–Trinajstić information content (AvgIpc) is 2.25. The average molecular weight is 183 g/mol. The lowest BCUT2D eigenvalue weighted by Gasteiger charge is -2.31. The Kier molecular flexibility index (Phi) is 3.51. The van der Waals surface area contributed by atoms with Crippen molar-refractivity contribution in [1.29, 1.82) is 0 Å². The summed E-state index contributed by atoms with van der Waals surface area (Å²) in [6.45, 7) is 13.3. The molecule has 1 rings (SSSR count). The predicted molar refractivity (Wildman–Crippen MR) is 55.9 cm³/mol. The molecule has 0 bridgehead atoms. The zero-order chi connectivity index (χ0) is 9.90. The third-order valence-electron chi connectivity index (χ3n) is 2.58. The second kappa shape index (κ2) is 4.25. The topological polar surface area (TPSA) is 12.5 Å². The van der Waals surface area contributed by atoms with Crippen LogP contribution in [0, 0.1) is 0 Å². The molecule has 1 saturated heterocycles. The van der Waals surface area contributed by atoms with E-state index in [1.165, 1.54) is 0 Å². The minimum Gasteiger partial charge on any atom is -0.374 e. The first-order chi connectivity index (χ1) is 6.05. The highest BCUT2D eigenvalue weighted by Gasteiger charge is 2.26. The predicted octanol–water partition coefficient (Wildman–Crippen LogP) is 2.06. The van der Waals surface area contributed by atoms with Gasteiger partial charge in [0.2, 0.25) is 0 Å². The van der Waals surface area contributed by atoms with Crippen LogP contribution in [-0.4, -0.2) is 36.2 Å². The Balaban J connectivity index is 2.59. The molecule has 0 aromatic carbocycles. The van der Waals surface area contributed by atoms with Crippen molar-refractivity contribution in [2.75, 3.05) is 19.7 Å². The maximum Gasteiger partial charge on any atom is 0.0753 e. The van der Waals surface area contributed by atoms with E-state index in [0.29, 0.717) is 6.04 Å². The molecule has 1 atom stereocenters. The van der Waals surface area contributed by atoms with Crippen LogP contribution in [0.15, 0.2) is 12.7 Å². The van der Waals surface area contributed by atoms with E-state index in [9.17, 15) is 0 Å². The first kappa shape index (κ1) is 10.7. The molecule has 1 aliphatic rings. The summed E-state index contributed by atoms with van der Waals surface area (Å²) in [5.41, 5.74) is -0.00618. The van der Waals surface area contributed by atoms with Crippen LogP contribution in [0.2, 0.25) is 0 Å².